The van der Waals surface area contributed by atoms with Crippen molar-refractivity contribution in [2.24, 2.45) is 0 Å². The third-order valence-corrected chi connectivity index (χ3v) is 11.6. The minimum Gasteiger partial charge on any atom is -0.546 e. The van der Waals surface area contributed by atoms with Crippen LogP contribution in [-0.2, 0) is 18.7 Å². The van der Waals surface area contributed by atoms with Gasteiger partial charge in [-0.25, -0.2) is 9.59 Å². The molecule has 0 aromatic rings. The van der Waals surface area contributed by atoms with Gasteiger partial charge >= 0.3 is 12.1 Å². The molecule has 0 aromatic heterocycles. The van der Waals surface area contributed by atoms with Crippen molar-refractivity contribution in [3.05, 3.63) is 23.0 Å². The number of nitrogens with zero attached hydrogens (tertiary/aromatic N) is 1. The number of rotatable bonds is 3. The van der Waals surface area contributed by atoms with Crippen LogP contribution in [0.15, 0.2) is 23.0 Å². The Morgan fingerprint density at radius 1 is 1.13 bits per heavy atom. The van der Waals surface area contributed by atoms with Gasteiger partial charge in [-0.3, -0.25) is 4.90 Å². The van der Waals surface area contributed by atoms with Gasteiger partial charge in [0.1, 0.15) is 5.60 Å². The Morgan fingerprint density at radius 2 is 1.77 bits per heavy atom. The molecule has 0 saturated heterocycles. The van der Waals surface area contributed by atoms with Crippen molar-refractivity contribution >= 4 is 20.4 Å². The zero-order valence-corrected chi connectivity index (χ0v) is 21.7. The van der Waals surface area contributed by atoms with E-state index in [1.165, 1.54) is 12.7 Å². The Hall–Kier alpha value is -1.76. The summed E-state index contributed by atoms with van der Waals surface area (Å²) in [5.41, 5.74) is 0.589. The number of methoxy groups -OCH3 is 1. The second-order valence-corrected chi connectivity index (χ2v) is 16.3. The molecule has 0 aromatic carbocycles. The second kappa shape index (κ2) is 7.68. The average molecular weight is 450 g/mol. The fraction of sp³-hybridized carbons (Fsp3) is 0.750. The van der Waals surface area contributed by atoms with Gasteiger partial charge in [0.05, 0.1) is 30.0 Å². The highest BCUT2D eigenvalue weighted by Crippen LogP contribution is 2.54. The predicted octanol–water partition coefficient (Wildman–Crippen LogP) is 5.70. The molecule has 1 saturated carbocycles. The molecule has 1 aliphatic carbocycles. The minimum absolute atomic E-state index is 0.0108. The molecule has 31 heavy (non-hydrogen) atoms. The summed E-state index contributed by atoms with van der Waals surface area (Å²) in [4.78, 5) is 28.2. The van der Waals surface area contributed by atoms with Crippen LogP contribution >= 0.6 is 0 Å². The van der Waals surface area contributed by atoms with Gasteiger partial charge < -0.3 is 13.9 Å². The highest BCUT2D eigenvalue weighted by molar-refractivity contribution is 6.74. The molecule has 2 bridgehead atoms. The van der Waals surface area contributed by atoms with Crippen molar-refractivity contribution in [3.8, 4) is 0 Å². The average Bonchev–Trinajstić information content (AvgIpc) is 2.85. The van der Waals surface area contributed by atoms with E-state index in [-0.39, 0.29) is 11.1 Å². The Kier molecular flexibility index (Phi) is 5.92. The zero-order valence-electron chi connectivity index (χ0n) is 20.7. The van der Waals surface area contributed by atoms with Gasteiger partial charge in [-0.05, 0) is 63.7 Å². The zero-order chi connectivity index (χ0) is 23.4. The maximum absolute atomic E-state index is 13.4. The number of hydrogen-bond donors (Lipinski definition) is 0. The summed E-state index contributed by atoms with van der Waals surface area (Å²) < 4.78 is 17.7. The van der Waals surface area contributed by atoms with Crippen molar-refractivity contribution in [1.82, 2.24) is 4.90 Å². The van der Waals surface area contributed by atoms with Crippen LogP contribution in [0.5, 0.6) is 0 Å². The molecule has 3 aliphatic rings. The fourth-order valence-electron chi connectivity index (χ4n) is 4.69. The summed E-state index contributed by atoms with van der Waals surface area (Å²) >= 11 is 0. The van der Waals surface area contributed by atoms with Gasteiger partial charge in [0.2, 0.25) is 8.32 Å². The number of ether oxygens (including phenoxy) is 2. The summed E-state index contributed by atoms with van der Waals surface area (Å²) in [6.45, 7) is 16.5. The van der Waals surface area contributed by atoms with Crippen LogP contribution in [0.1, 0.15) is 73.6 Å². The Morgan fingerprint density at radius 3 is 2.32 bits per heavy atom. The smallest absolute Gasteiger partial charge is 0.411 e. The van der Waals surface area contributed by atoms with E-state index in [2.05, 4.69) is 39.9 Å². The molecule has 1 spiro atoms. The molecule has 6 nitrogen and oxygen atoms in total. The van der Waals surface area contributed by atoms with Crippen LogP contribution in [0.3, 0.4) is 0 Å². The number of carbonyl (C=O) groups is 2. The minimum atomic E-state index is -2.19. The summed E-state index contributed by atoms with van der Waals surface area (Å²) in [6, 6.07) is -0.510. The molecule has 2 atom stereocenters. The van der Waals surface area contributed by atoms with Gasteiger partial charge in [-0.2, -0.15) is 0 Å². The maximum Gasteiger partial charge on any atom is 0.411 e. The van der Waals surface area contributed by atoms with Crippen molar-refractivity contribution in [2.45, 2.75) is 109 Å². The van der Waals surface area contributed by atoms with Crippen molar-refractivity contribution < 1.29 is 23.5 Å². The SMILES string of the molecule is COC(=O)C1=C(O[Si](C)(C)C(C)(C)C)CC23CCCCC2=CC1N3C(=O)OC(C)(C)C. The first kappa shape index (κ1) is 23.9. The van der Waals surface area contributed by atoms with E-state index in [4.69, 9.17) is 13.9 Å². The monoisotopic (exact) mass is 449 g/mol. The number of hydrogen-bond acceptors (Lipinski definition) is 5. The standard InChI is InChI=1S/C24H39NO5Si/c1-22(2,3)29-21(27)25-17-14-16-12-10-11-13-24(16,25)15-18(19(17)20(26)28-7)30-31(8,9)23(4,5)6/h14,17H,10-13,15H2,1-9H3. The van der Waals surface area contributed by atoms with E-state index in [0.717, 1.165) is 25.7 Å². The predicted molar refractivity (Wildman–Crippen MR) is 123 cm³/mol. The van der Waals surface area contributed by atoms with Gasteiger partial charge in [-0.1, -0.05) is 33.3 Å². The third-order valence-electron chi connectivity index (χ3n) is 7.21. The molecule has 7 heteroatoms. The molecule has 2 heterocycles. The van der Waals surface area contributed by atoms with E-state index in [9.17, 15) is 9.59 Å². The molecule has 1 amide bonds. The number of esters is 1. The number of fused-ring (bicyclic) bond motifs is 1. The largest absolute Gasteiger partial charge is 0.546 e. The van der Waals surface area contributed by atoms with Crippen LogP contribution in [0.2, 0.25) is 18.1 Å². The van der Waals surface area contributed by atoms with Gasteiger partial charge in [0.15, 0.2) is 0 Å². The van der Waals surface area contributed by atoms with Crippen LogP contribution in [0.4, 0.5) is 4.79 Å². The quantitative estimate of drug-likeness (QED) is 0.314. The summed E-state index contributed by atoms with van der Waals surface area (Å²) in [7, 11) is -0.809. The first-order chi connectivity index (χ1) is 14.1. The van der Waals surface area contributed by atoms with Crippen molar-refractivity contribution in [2.75, 3.05) is 7.11 Å². The summed E-state index contributed by atoms with van der Waals surface area (Å²) in [5.74, 6) is 0.272. The van der Waals surface area contributed by atoms with Gasteiger partial charge in [0.25, 0.3) is 0 Å². The molecular formula is C24H39NO5Si. The lowest BCUT2D eigenvalue weighted by Gasteiger charge is -2.50. The third kappa shape index (κ3) is 4.17. The van der Waals surface area contributed by atoms with Crippen molar-refractivity contribution in [3.63, 3.8) is 0 Å². The Balaban J connectivity index is 2.12. The summed E-state index contributed by atoms with van der Waals surface area (Å²) in [5, 5.41) is -0.0108. The van der Waals surface area contributed by atoms with E-state index in [0.29, 0.717) is 17.8 Å². The number of carbonyl (C=O) groups excluding carboxylic acids is 2. The molecular weight excluding hydrogens is 410 g/mol. The molecule has 0 N–H and O–H groups in total. The van der Waals surface area contributed by atoms with E-state index in [1.54, 1.807) is 4.90 Å². The van der Waals surface area contributed by atoms with Gasteiger partial charge in [0, 0.05) is 6.42 Å². The van der Waals surface area contributed by atoms with Crippen molar-refractivity contribution in [1.29, 1.82) is 0 Å². The maximum atomic E-state index is 13.4. The Bertz CT molecular complexity index is 830. The van der Waals surface area contributed by atoms with Crippen LogP contribution in [0.25, 0.3) is 0 Å². The number of amides is 1. The molecule has 2 unspecified atom stereocenters. The van der Waals surface area contributed by atoms with Crippen LogP contribution in [-0.4, -0.2) is 49.6 Å². The first-order valence-corrected chi connectivity index (χ1v) is 14.3. The van der Waals surface area contributed by atoms with Crippen LogP contribution < -0.4 is 0 Å². The van der Waals surface area contributed by atoms with E-state index in [1.807, 2.05) is 20.8 Å². The highest BCUT2D eigenvalue weighted by atomic mass is 28.4. The van der Waals surface area contributed by atoms with Crippen LogP contribution in [0, 0.1) is 0 Å². The van der Waals surface area contributed by atoms with Gasteiger partial charge in [-0.15, -0.1) is 0 Å². The highest BCUT2D eigenvalue weighted by Gasteiger charge is 2.59. The van der Waals surface area contributed by atoms with E-state index < -0.39 is 31.5 Å². The summed E-state index contributed by atoms with van der Waals surface area (Å²) in [6.07, 6.45) is 6.13. The molecule has 3 rings (SSSR count). The molecule has 2 aliphatic heterocycles. The van der Waals surface area contributed by atoms with E-state index >= 15 is 0 Å². The fourth-order valence-corrected chi connectivity index (χ4v) is 5.80. The second-order valence-electron chi connectivity index (χ2n) is 11.6. The normalized spacial score (nSPS) is 26.3. The molecule has 0 radical (unpaired) electrons. The molecule has 174 valence electrons. The first-order valence-electron chi connectivity index (χ1n) is 11.4. The lowest BCUT2D eigenvalue weighted by molar-refractivity contribution is -0.137. The Labute approximate surface area is 188 Å². The topological polar surface area (TPSA) is 65.1 Å². The lowest BCUT2D eigenvalue weighted by Crippen LogP contribution is -2.59. The lowest BCUT2D eigenvalue weighted by atomic mass is 9.74. The molecule has 1 fully saturated rings.